The number of carbonyl (C=O) groups excluding carboxylic acids is 1. The van der Waals surface area contributed by atoms with Crippen molar-refractivity contribution in [3.63, 3.8) is 0 Å². The fourth-order valence-corrected chi connectivity index (χ4v) is 3.46. The van der Waals surface area contributed by atoms with Crippen LogP contribution in [0.25, 0.3) is 22.6 Å². The molecule has 8 nitrogen and oxygen atoms in total. The highest BCUT2D eigenvalue weighted by molar-refractivity contribution is 7.89. The monoisotopic (exact) mass is 401 g/mol. The molecule has 0 unspecified atom stereocenters. The quantitative estimate of drug-likeness (QED) is 0.482. The molecule has 0 aliphatic carbocycles. The number of aryl methyl sites for hydroxylation is 1. The van der Waals surface area contributed by atoms with Crippen molar-refractivity contribution in [1.82, 2.24) is 10.0 Å². The van der Waals surface area contributed by atoms with Crippen LogP contribution in [0.3, 0.4) is 0 Å². The molecule has 0 atom stereocenters. The van der Waals surface area contributed by atoms with Gasteiger partial charge in [0, 0.05) is 31.0 Å². The van der Waals surface area contributed by atoms with Gasteiger partial charge in [0.1, 0.15) is 5.69 Å². The van der Waals surface area contributed by atoms with Gasteiger partial charge in [0.2, 0.25) is 15.9 Å². The highest BCUT2D eigenvalue weighted by atomic mass is 32.2. The molecule has 3 rings (SSSR count). The summed E-state index contributed by atoms with van der Waals surface area (Å²) in [5.41, 5.74) is 1.45. The SMILES string of the molecule is CN(O)C(=O)CCc1nc(-c2ccccc2)c(-c2ccccc2S(N)(=O)=O)o1. The smallest absolute Gasteiger partial charge is 0.246 e. The molecule has 0 spiro atoms. The van der Waals surface area contributed by atoms with Crippen molar-refractivity contribution in [2.45, 2.75) is 17.7 Å². The van der Waals surface area contributed by atoms with Gasteiger partial charge in [-0.25, -0.2) is 23.6 Å². The van der Waals surface area contributed by atoms with Crippen LogP contribution in [0.5, 0.6) is 0 Å². The third kappa shape index (κ3) is 4.28. The number of sulfonamides is 1. The van der Waals surface area contributed by atoms with Crippen molar-refractivity contribution in [2.24, 2.45) is 5.14 Å². The molecular formula is C19H19N3O5S. The van der Waals surface area contributed by atoms with Crippen molar-refractivity contribution in [1.29, 1.82) is 0 Å². The van der Waals surface area contributed by atoms with Gasteiger partial charge < -0.3 is 4.42 Å². The van der Waals surface area contributed by atoms with E-state index in [1.165, 1.54) is 13.1 Å². The molecule has 1 amide bonds. The third-order valence-electron chi connectivity index (χ3n) is 4.07. The van der Waals surface area contributed by atoms with E-state index in [1.807, 2.05) is 30.3 Å². The fraction of sp³-hybridized carbons (Fsp3) is 0.158. The Morgan fingerprint density at radius 1 is 1.14 bits per heavy atom. The molecule has 0 bridgehead atoms. The molecule has 146 valence electrons. The fourth-order valence-electron chi connectivity index (χ4n) is 2.72. The van der Waals surface area contributed by atoms with Crippen molar-refractivity contribution in [3.8, 4) is 22.6 Å². The van der Waals surface area contributed by atoms with Crippen LogP contribution in [0.15, 0.2) is 63.9 Å². The minimum absolute atomic E-state index is 0.0159. The van der Waals surface area contributed by atoms with Gasteiger partial charge in [0.15, 0.2) is 11.7 Å². The molecule has 1 heterocycles. The first-order chi connectivity index (χ1) is 13.3. The highest BCUT2D eigenvalue weighted by Gasteiger charge is 2.23. The maximum atomic E-state index is 12.0. The van der Waals surface area contributed by atoms with Gasteiger partial charge in [-0.1, -0.05) is 42.5 Å². The van der Waals surface area contributed by atoms with E-state index in [0.29, 0.717) is 10.8 Å². The van der Waals surface area contributed by atoms with E-state index < -0.39 is 15.9 Å². The molecular weight excluding hydrogens is 382 g/mol. The number of amides is 1. The Labute approximate surface area is 162 Å². The zero-order valence-corrected chi connectivity index (χ0v) is 15.9. The van der Waals surface area contributed by atoms with E-state index in [4.69, 9.17) is 9.56 Å². The number of benzene rings is 2. The molecule has 3 N–H and O–H groups in total. The second kappa shape index (κ2) is 7.93. The van der Waals surface area contributed by atoms with Gasteiger partial charge in [-0.3, -0.25) is 10.0 Å². The predicted molar refractivity (Wildman–Crippen MR) is 102 cm³/mol. The standard InChI is InChI=1S/C19H19N3O5S/c1-22(24)17(23)12-11-16-21-18(13-7-3-2-4-8-13)19(27-16)14-9-5-6-10-15(14)28(20,25)26/h2-10,24H,11-12H2,1H3,(H2,20,25,26). The Kier molecular flexibility index (Phi) is 5.59. The summed E-state index contributed by atoms with van der Waals surface area (Å²) >= 11 is 0. The van der Waals surface area contributed by atoms with Gasteiger partial charge >= 0.3 is 0 Å². The Hall–Kier alpha value is -3.01. The highest BCUT2D eigenvalue weighted by Crippen LogP contribution is 2.36. The first kappa shape index (κ1) is 19.7. The number of hydroxylamine groups is 2. The zero-order valence-electron chi connectivity index (χ0n) is 15.1. The van der Waals surface area contributed by atoms with Gasteiger partial charge in [-0.15, -0.1) is 0 Å². The molecule has 0 fully saturated rings. The third-order valence-corrected chi connectivity index (χ3v) is 5.04. The summed E-state index contributed by atoms with van der Waals surface area (Å²) in [6.45, 7) is 0. The Morgan fingerprint density at radius 2 is 1.79 bits per heavy atom. The number of nitrogens with zero attached hydrogens (tertiary/aromatic N) is 2. The molecule has 2 aromatic carbocycles. The van der Waals surface area contributed by atoms with Gasteiger partial charge in [-0.2, -0.15) is 0 Å². The zero-order chi connectivity index (χ0) is 20.3. The van der Waals surface area contributed by atoms with Crippen LogP contribution < -0.4 is 5.14 Å². The summed E-state index contributed by atoms with van der Waals surface area (Å²) in [7, 11) is -2.75. The molecule has 0 aliphatic rings. The van der Waals surface area contributed by atoms with Gasteiger partial charge in [-0.05, 0) is 12.1 Å². The number of hydrogen-bond donors (Lipinski definition) is 2. The molecule has 0 radical (unpaired) electrons. The van der Waals surface area contributed by atoms with Crippen molar-refractivity contribution >= 4 is 15.9 Å². The van der Waals surface area contributed by atoms with Crippen LogP contribution >= 0.6 is 0 Å². The number of primary sulfonamides is 1. The topological polar surface area (TPSA) is 127 Å². The second-order valence-corrected chi connectivity index (χ2v) is 7.64. The number of rotatable bonds is 6. The number of aromatic nitrogens is 1. The summed E-state index contributed by atoms with van der Waals surface area (Å²) < 4.78 is 29.9. The maximum Gasteiger partial charge on any atom is 0.246 e. The molecule has 9 heteroatoms. The van der Waals surface area contributed by atoms with Crippen LogP contribution in [-0.2, 0) is 21.2 Å². The van der Waals surface area contributed by atoms with E-state index >= 15 is 0 Å². The molecule has 28 heavy (non-hydrogen) atoms. The molecule has 0 aliphatic heterocycles. The normalized spacial score (nSPS) is 11.4. The lowest BCUT2D eigenvalue weighted by Crippen LogP contribution is -2.22. The van der Waals surface area contributed by atoms with Gasteiger partial charge in [0.05, 0.1) is 4.90 Å². The van der Waals surface area contributed by atoms with Crippen molar-refractivity contribution in [3.05, 3.63) is 60.5 Å². The van der Waals surface area contributed by atoms with Crippen molar-refractivity contribution < 1.29 is 22.8 Å². The molecule has 3 aromatic rings. The summed E-state index contributed by atoms with van der Waals surface area (Å²) in [4.78, 5) is 16.0. The van der Waals surface area contributed by atoms with E-state index in [-0.39, 0.29) is 35.0 Å². The first-order valence-electron chi connectivity index (χ1n) is 8.40. The predicted octanol–water partition coefficient (Wildman–Crippen LogP) is 2.44. The minimum Gasteiger partial charge on any atom is -0.440 e. The van der Waals surface area contributed by atoms with Crippen LogP contribution in [0.4, 0.5) is 0 Å². The first-order valence-corrected chi connectivity index (χ1v) is 9.95. The molecule has 0 saturated heterocycles. The average Bonchev–Trinajstić information content (AvgIpc) is 3.10. The van der Waals surface area contributed by atoms with E-state index in [1.54, 1.807) is 18.2 Å². The Bertz CT molecular complexity index is 1090. The van der Waals surface area contributed by atoms with Gasteiger partial charge in [0.25, 0.3) is 0 Å². The Morgan fingerprint density at radius 3 is 2.43 bits per heavy atom. The van der Waals surface area contributed by atoms with E-state index in [0.717, 1.165) is 5.56 Å². The lowest BCUT2D eigenvalue weighted by molar-refractivity contribution is -0.159. The largest absolute Gasteiger partial charge is 0.440 e. The molecule has 0 saturated carbocycles. The van der Waals surface area contributed by atoms with Crippen LogP contribution in [0, 0.1) is 0 Å². The summed E-state index contributed by atoms with van der Waals surface area (Å²) in [5, 5.41) is 15.0. The molecule has 1 aromatic heterocycles. The Balaban J connectivity index is 2.11. The number of hydrogen-bond acceptors (Lipinski definition) is 6. The summed E-state index contributed by atoms with van der Waals surface area (Å²) in [5.74, 6) is -0.00477. The van der Waals surface area contributed by atoms with E-state index in [2.05, 4.69) is 4.98 Å². The van der Waals surface area contributed by atoms with E-state index in [9.17, 15) is 18.4 Å². The van der Waals surface area contributed by atoms with Crippen molar-refractivity contribution in [2.75, 3.05) is 7.05 Å². The minimum atomic E-state index is -3.99. The van der Waals surface area contributed by atoms with Crippen LogP contribution in [0.1, 0.15) is 12.3 Å². The lowest BCUT2D eigenvalue weighted by Gasteiger charge is -2.07. The number of oxazole rings is 1. The van der Waals surface area contributed by atoms with Crippen LogP contribution in [0.2, 0.25) is 0 Å². The second-order valence-electron chi connectivity index (χ2n) is 6.11. The summed E-state index contributed by atoms with van der Waals surface area (Å²) in [6, 6.07) is 15.3. The maximum absolute atomic E-state index is 12.0. The number of carbonyl (C=O) groups is 1. The lowest BCUT2D eigenvalue weighted by atomic mass is 10.1. The summed E-state index contributed by atoms with van der Waals surface area (Å²) in [6.07, 6.45) is 0.124. The average molecular weight is 401 g/mol. The van der Waals surface area contributed by atoms with Crippen LogP contribution in [-0.4, -0.2) is 36.6 Å². The number of nitrogens with two attached hydrogens (primary N) is 1.